The van der Waals surface area contributed by atoms with Crippen LogP contribution in [0.1, 0.15) is 33.1 Å². The van der Waals surface area contributed by atoms with Crippen LogP contribution in [-0.2, 0) is 4.79 Å². The molecule has 0 bridgehead atoms. The van der Waals surface area contributed by atoms with Crippen molar-refractivity contribution in [1.29, 1.82) is 0 Å². The highest BCUT2D eigenvalue weighted by atomic mass is 16.3. The van der Waals surface area contributed by atoms with E-state index in [1.54, 1.807) is 0 Å². The van der Waals surface area contributed by atoms with E-state index >= 15 is 0 Å². The molecule has 16 heavy (non-hydrogen) atoms. The zero-order valence-electron chi connectivity index (χ0n) is 9.99. The van der Waals surface area contributed by atoms with E-state index in [2.05, 4.69) is 10.6 Å². The molecule has 1 amide bonds. The van der Waals surface area contributed by atoms with Crippen molar-refractivity contribution >= 4 is 5.91 Å². The fourth-order valence-corrected chi connectivity index (χ4v) is 1.88. The van der Waals surface area contributed by atoms with Gasteiger partial charge in [-0.05, 0) is 26.2 Å². The van der Waals surface area contributed by atoms with Crippen molar-refractivity contribution in [3.63, 3.8) is 0 Å². The monoisotopic (exact) mass is 230 g/mol. The molecule has 1 aliphatic rings. The van der Waals surface area contributed by atoms with Gasteiger partial charge in [0.05, 0.1) is 12.1 Å². The van der Waals surface area contributed by atoms with Crippen molar-refractivity contribution in [3.8, 4) is 0 Å². The molecule has 4 N–H and O–H groups in total. The van der Waals surface area contributed by atoms with Gasteiger partial charge in [0.2, 0.25) is 5.91 Å². The Hall–Kier alpha value is -0.650. The van der Waals surface area contributed by atoms with Crippen LogP contribution in [0.4, 0.5) is 0 Å². The van der Waals surface area contributed by atoms with Crippen LogP contribution in [-0.4, -0.2) is 47.0 Å². The number of β-amino-alcohol motifs (C(OH)–C–C–N with tert-alkyl or cyclic N) is 1. The molecule has 3 unspecified atom stereocenters. The maximum Gasteiger partial charge on any atom is 0.237 e. The van der Waals surface area contributed by atoms with Crippen molar-refractivity contribution in [2.75, 3.05) is 13.2 Å². The molecule has 5 heteroatoms. The second-order valence-corrected chi connectivity index (χ2v) is 4.73. The molecule has 3 atom stereocenters. The summed E-state index contributed by atoms with van der Waals surface area (Å²) in [4.78, 5) is 11.9. The molecule has 0 saturated carbocycles. The highest BCUT2D eigenvalue weighted by Crippen LogP contribution is 2.15. The molecule has 1 fully saturated rings. The average molecular weight is 230 g/mol. The lowest BCUT2D eigenvalue weighted by molar-refractivity contribution is -0.125. The molecule has 0 aromatic rings. The molecular weight excluding hydrogens is 208 g/mol. The van der Waals surface area contributed by atoms with Gasteiger partial charge in [-0.1, -0.05) is 6.92 Å². The molecule has 0 radical (unpaired) electrons. The first kappa shape index (κ1) is 13.4. The van der Waals surface area contributed by atoms with Crippen LogP contribution in [0.15, 0.2) is 0 Å². The van der Waals surface area contributed by atoms with E-state index in [1.807, 2.05) is 13.8 Å². The molecular formula is C11H22N2O3. The number of hydrogen-bond acceptors (Lipinski definition) is 4. The van der Waals surface area contributed by atoms with Gasteiger partial charge in [0.15, 0.2) is 0 Å². The number of carbonyl (C=O) groups is 1. The minimum absolute atomic E-state index is 0.0609. The predicted octanol–water partition coefficient (Wildman–Crippen LogP) is -0.623. The maximum atomic E-state index is 11.9. The summed E-state index contributed by atoms with van der Waals surface area (Å²) in [5, 5.41) is 24.2. The lowest BCUT2D eigenvalue weighted by atomic mass is 9.94. The third-order valence-electron chi connectivity index (χ3n) is 3.29. The van der Waals surface area contributed by atoms with Crippen molar-refractivity contribution in [3.05, 3.63) is 0 Å². The summed E-state index contributed by atoms with van der Waals surface area (Å²) in [5.74, 6) is -0.0886. The molecule has 0 aromatic carbocycles. The molecule has 0 aromatic heterocycles. The van der Waals surface area contributed by atoms with Crippen LogP contribution in [0, 0.1) is 0 Å². The summed E-state index contributed by atoms with van der Waals surface area (Å²) < 4.78 is 0. The fraction of sp³-hybridized carbons (Fsp3) is 0.909. The van der Waals surface area contributed by atoms with Gasteiger partial charge in [-0.3, -0.25) is 4.79 Å². The first-order valence-corrected chi connectivity index (χ1v) is 5.85. The smallest absolute Gasteiger partial charge is 0.237 e. The Morgan fingerprint density at radius 2 is 2.31 bits per heavy atom. The summed E-state index contributed by atoms with van der Waals surface area (Å²) in [5.41, 5.74) is -0.360. The first-order valence-electron chi connectivity index (χ1n) is 5.85. The number of rotatable bonds is 5. The molecule has 0 aliphatic carbocycles. The number of aliphatic hydroxyl groups is 2. The van der Waals surface area contributed by atoms with Crippen molar-refractivity contribution in [2.24, 2.45) is 0 Å². The number of aliphatic hydroxyl groups excluding tert-OH is 2. The van der Waals surface area contributed by atoms with E-state index in [0.717, 1.165) is 6.42 Å². The van der Waals surface area contributed by atoms with E-state index in [-0.39, 0.29) is 24.1 Å². The van der Waals surface area contributed by atoms with Crippen LogP contribution in [0.3, 0.4) is 0 Å². The zero-order chi connectivity index (χ0) is 12.2. The zero-order valence-corrected chi connectivity index (χ0v) is 9.99. The van der Waals surface area contributed by atoms with Gasteiger partial charge in [0.1, 0.15) is 0 Å². The Kier molecular flexibility index (Phi) is 4.70. The largest absolute Gasteiger partial charge is 0.396 e. The van der Waals surface area contributed by atoms with E-state index in [9.17, 15) is 9.90 Å². The van der Waals surface area contributed by atoms with Gasteiger partial charge >= 0.3 is 0 Å². The second-order valence-electron chi connectivity index (χ2n) is 4.73. The van der Waals surface area contributed by atoms with Crippen molar-refractivity contribution in [2.45, 2.75) is 50.8 Å². The van der Waals surface area contributed by atoms with Crippen LogP contribution in [0.25, 0.3) is 0 Å². The lowest BCUT2D eigenvalue weighted by Gasteiger charge is -2.30. The quantitative estimate of drug-likeness (QED) is 0.507. The molecule has 1 saturated heterocycles. The Morgan fingerprint density at radius 3 is 2.75 bits per heavy atom. The Morgan fingerprint density at radius 1 is 1.62 bits per heavy atom. The third kappa shape index (κ3) is 3.43. The first-order chi connectivity index (χ1) is 7.50. The molecule has 1 rings (SSSR count). The maximum absolute atomic E-state index is 11.9. The van der Waals surface area contributed by atoms with Gasteiger partial charge in [-0.25, -0.2) is 0 Å². The highest BCUT2D eigenvalue weighted by molar-refractivity contribution is 5.82. The Bertz CT molecular complexity index is 247. The summed E-state index contributed by atoms with van der Waals surface area (Å²) >= 11 is 0. The normalized spacial score (nSPS) is 28.8. The minimum atomic E-state index is -0.429. The van der Waals surface area contributed by atoms with Crippen LogP contribution >= 0.6 is 0 Å². The lowest BCUT2D eigenvalue weighted by Crippen LogP contribution is -2.52. The van der Waals surface area contributed by atoms with Gasteiger partial charge in [-0.15, -0.1) is 0 Å². The predicted molar refractivity (Wildman–Crippen MR) is 61.0 cm³/mol. The Labute approximate surface area is 96.2 Å². The SMILES string of the molecule is CCC(C)(CCO)NC(=O)C1CC(O)CN1. The number of carbonyl (C=O) groups excluding carboxylic acids is 1. The van der Waals surface area contributed by atoms with Crippen molar-refractivity contribution < 1.29 is 15.0 Å². The molecule has 0 spiro atoms. The summed E-state index contributed by atoms with van der Waals surface area (Å²) in [6.07, 6.45) is 1.35. The molecule has 1 aliphatic heterocycles. The summed E-state index contributed by atoms with van der Waals surface area (Å²) in [7, 11) is 0. The van der Waals surface area contributed by atoms with Gasteiger partial charge in [0, 0.05) is 18.7 Å². The minimum Gasteiger partial charge on any atom is -0.396 e. The van der Waals surface area contributed by atoms with Crippen LogP contribution < -0.4 is 10.6 Å². The standard InChI is InChI=1S/C11H22N2O3/c1-3-11(2,4-5-14)13-10(16)9-6-8(15)7-12-9/h8-9,12,14-15H,3-7H2,1-2H3,(H,13,16). The number of hydrogen-bond donors (Lipinski definition) is 4. The van der Waals surface area contributed by atoms with Crippen LogP contribution in [0.5, 0.6) is 0 Å². The topological polar surface area (TPSA) is 81.6 Å². The summed E-state index contributed by atoms with van der Waals surface area (Å²) in [6, 6.07) is -0.306. The molecule has 1 heterocycles. The fourth-order valence-electron chi connectivity index (χ4n) is 1.88. The molecule has 94 valence electrons. The van der Waals surface area contributed by atoms with E-state index in [1.165, 1.54) is 0 Å². The summed E-state index contributed by atoms with van der Waals surface area (Å²) in [6.45, 7) is 4.44. The van der Waals surface area contributed by atoms with E-state index < -0.39 is 6.10 Å². The van der Waals surface area contributed by atoms with Crippen molar-refractivity contribution in [1.82, 2.24) is 10.6 Å². The Balaban J connectivity index is 2.48. The van der Waals surface area contributed by atoms with Gasteiger partial charge in [0.25, 0.3) is 0 Å². The van der Waals surface area contributed by atoms with Gasteiger partial charge in [-0.2, -0.15) is 0 Å². The second kappa shape index (κ2) is 5.61. The number of amides is 1. The highest BCUT2D eigenvalue weighted by Gasteiger charge is 2.32. The van der Waals surface area contributed by atoms with Crippen LogP contribution in [0.2, 0.25) is 0 Å². The third-order valence-corrected chi connectivity index (χ3v) is 3.29. The number of nitrogens with one attached hydrogen (secondary N) is 2. The van der Waals surface area contributed by atoms with E-state index in [0.29, 0.717) is 19.4 Å². The average Bonchev–Trinajstić information content (AvgIpc) is 2.65. The van der Waals surface area contributed by atoms with Gasteiger partial charge < -0.3 is 20.8 Å². The van der Waals surface area contributed by atoms with E-state index in [4.69, 9.17) is 5.11 Å². The molecule has 5 nitrogen and oxygen atoms in total.